The van der Waals surface area contributed by atoms with Crippen LogP contribution >= 0.6 is 11.3 Å². The quantitative estimate of drug-likeness (QED) is 0.320. The van der Waals surface area contributed by atoms with Crippen molar-refractivity contribution in [3.8, 4) is 17.1 Å². The van der Waals surface area contributed by atoms with Gasteiger partial charge in [-0.3, -0.25) is 9.59 Å². The van der Waals surface area contributed by atoms with E-state index >= 15 is 0 Å². The summed E-state index contributed by atoms with van der Waals surface area (Å²) in [6.07, 6.45) is 6.22. The molecule has 178 valence electrons. The molecule has 0 bridgehead atoms. The van der Waals surface area contributed by atoms with Gasteiger partial charge in [-0.1, -0.05) is 18.2 Å². The maximum atomic E-state index is 12.9. The highest BCUT2D eigenvalue weighted by Crippen LogP contribution is 2.43. The molecule has 8 heteroatoms. The van der Waals surface area contributed by atoms with Gasteiger partial charge in [-0.15, -0.1) is 11.3 Å². The average Bonchev–Trinajstić information content (AvgIpc) is 3.54. The number of hydrogen-bond donors (Lipinski definition) is 3. The molecule has 6 rings (SSSR count). The zero-order valence-electron chi connectivity index (χ0n) is 19.2. The Morgan fingerprint density at radius 3 is 2.77 bits per heavy atom. The smallest absolute Gasteiger partial charge is 0.262 e. The van der Waals surface area contributed by atoms with Crippen LogP contribution in [0.25, 0.3) is 22.4 Å². The highest BCUT2D eigenvalue weighted by atomic mass is 32.1. The molecule has 3 N–H and O–H groups in total. The third-order valence-electron chi connectivity index (χ3n) is 6.47. The molecule has 2 aliphatic rings. The minimum Gasteiger partial charge on any atom is -0.484 e. The Bertz CT molecular complexity index is 1390. The molecule has 2 aromatic heterocycles. The van der Waals surface area contributed by atoms with Crippen LogP contribution in [0.3, 0.4) is 0 Å². The Labute approximate surface area is 206 Å². The van der Waals surface area contributed by atoms with Crippen molar-refractivity contribution in [1.29, 1.82) is 0 Å². The molecule has 2 aliphatic carbocycles. The summed E-state index contributed by atoms with van der Waals surface area (Å²) in [7, 11) is 0. The first-order chi connectivity index (χ1) is 17.1. The van der Waals surface area contributed by atoms with Crippen molar-refractivity contribution < 1.29 is 14.3 Å². The van der Waals surface area contributed by atoms with E-state index in [2.05, 4.69) is 15.6 Å². The number of carbonyl (C=O) groups excluding carboxylic acids is 2. The molecule has 2 aromatic carbocycles. The van der Waals surface area contributed by atoms with Crippen molar-refractivity contribution in [2.24, 2.45) is 5.92 Å². The topological polar surface area (TPSA) is 96.1 Å². The molecule has 2 amide bonds. The van der Waals surface area contributed by atoms with Gasteiger partial charge < -0.3 is 20.4 Å². The van der Waals surface area contributed by atoms with E-state index in [1.165, 1.54) is 10.4 Å². The van der Waals surface area contributed by atoms with Crippen LogP contribution in [0.15, 0.2) is 48.5 Å². The fourth-order valence-corrected chi connectivity index (χ4v) is 5.85. The molecule has 35 heavy (non-hydrogen) atoms. The molecule has 0 radical (unpaired) electrons. The van der Waals surface area contributed by atoms with E-state index in [0.29, 0.717) is 11.4 Å². The van der Waals surface area contributed by atoms with Crippen LogP contribution in [0.1, 0.15) is 36.1 Å². The Morgan fingerprint density at radius 1 is 1.06 bits per heavy atom. The first kappa shape index (κ1) is 21.9. The van der Waals surface area contributed by atoms with Crippen LogP contribution in [0.4, 0.5) is 10.7 Å². The summed E-state index contributed by atoms with van der Waals surface area (Å²) in [6.45, 7) is -0.123. The lowest BCUT2D eigenvalue weighted by Crippen LogP contribution is -2.20. The van der Waals surface area contributed by atoms with Gasteiger partial charge in [0.2, 0.25) is 5.91 Å². The number of amides is 2. The number of nitrogens with zero attached hydrogens (tertiary/aromatic N) is 1. The van der Waals surface area contributed by atoms with Crippen molar-refractivity contribution in [3.63, 3.8) is 0 Å². The third kappa shape index (κ3) is 4.66. The van der Waals surface area contributed by atoms with Crippen LogP contribution in [0.5, 0.6) is 5.75 Å². The van der Waals surface area contributed by atoms with Crippen molar-refractivity contribution in [2.75, 3.05) is 17.2 Å². The number of carbonyl (C=O) groups is 2. The number of aromatic nitrogens is 2. The standard InChI is InChI=1S/C27H26N4O3S/c32-23(15-34-18-7-5-6-17(14-18)28-26(33)16-12-13-16)31-27-24(19-8-1-4-11-22(19)35-27)25-29-20-9-2-3-10-21(20)30-25/h2-3,5-7,9-10,14,16H,1,4,8,11-13,15H2,(H,28,33)(H,29,30)(H,31,32). The highest BCUT2D eigenvalue weighted by molar-refractivity contribution is 7.17. The largest absolute Gasteiger partial charge is 0.484 e. The number of fused-ring (bicyclic) bond motifs is 2. The van der Waals surface area contributed by atoms with Crippen LogP contribution in [-0.2, 0) is 22.4 Å². The lowest BCUT2D eigenvalue weighted by molar-refractivity contribution is -0.118. The number of thiophene rings is 1. The first-order valence-corrected chi connectivity index (χ1v) is 12.9. The van der Waals surface area contributed by atoms with Crippen molar-refractivity contribution >= 4 is 44.9 Å². The predicted molar refractivity (Wildman–Crippen MR) is 138 cm³/mol. The van der Waals surface area contributed by atoms with Gasteiger partial charge in [-0.25, -0.2) is 4.98 Å². The molecule has 0 saturated heterocycles. The molecule has 0 unspecified atom stereocenters. The van der Waals surface area contributed by atoms with Gasteiger partial charge in [0.25, 0.3) is 5.91 Å². The second-order valence-corrected chi connectivity index (χ2v) is 10.3. The molecular weight excluding hydrogens is 460 g/mol. The van der Waals surface area contributed by atoms with Gasteiger partial charge in [0, 0.05) is 22.5 Å². The van der Waals surface area contributed by atoms with Gasteiger partial charge in [0.05, 0.1) is 16.6 Å². The molecule has 0 atom stereocenters. The number of benzene rings is 2. The summed E-state index contributed by atoms with van der Waals surface area (Å²) < 4.78 is 5.75. The summed E-state index contributed by atoms with van der Waals surface area (Å²) in [5.74, 6) is 1.27. The van der Waals surface area contributed by atoms with E-state index < -0.39 is 0 Å². The normalized spacial score (nSPS) is 15.0. The van der Waals surface area contributed by atoms with Crippen LogP contribution in [0, 0.1) is 5.92 Å². The fourth-order valence-electron chi connectivity index (χ4n) is 4.54. The van der Waals surface area contributed by atoms with Crippen molar-refractivity contribution in [1.82, 2.24) is 9.97 Å². The number of hydrogen-bond acceptors (Lipinski definition) is 5. The highest BCUT2D eigenvalue weighted by Gasteiger charge is 2.29. The van der Waals surface area contributed by atoms with Gasteiger partial charge in [-0.05, 0) is 68.4 Å². The minimum absolute atomic E-state index is 0.0414. The Morgan fingerprint density at radius 2 is 1.91 bits per heavy atom. The van der Waals surface area contributed by atoms with Crippen LogP contribution < -0.4 is 15.4 Å². The molecule has 4 aromatic rings. The first-order valence-electron chi connectivity index (χ1n) is 12.1. The molecule has 7 nitrogen and oxygen atoms in total. The van der Waals surface area contributed by atoms with Crippen molar-refractivity contribution in [2.45, 2.75) is 38.5 Å². The van der Waals surface area contributed by atoms with E-state index in [1.54, 1.807) is 23.5 Å². The van der Waals surface area contributed by atoms with Crippen molar-refractivity contribution in [3.05, 3.63) is 59.0 Å². The number of aromatic amines is 1. The zero-order chi connectivity index (χ0) is 23.8. The fraction of sp³-hybridized carbons (Fsp3) is 0.296. The van der Waals surface area contributed by atoms with E-state index in [4.69, 9.17) is 9.72 Å². The summed E-state index contributed by atoms with van der Waals surface area (Å²) in [6, 6.07) is 15.1. The number of para-hydroxylation sites is 2. The van der Waals surface area contributed by atoms with E-state index in [9.17, 15) is 9.59 Å². The van der Waals surface area contributed by atoms with E-state index in [-0.39, 0.29) is 24.3 Å². The number of anilines is 2. The van der Waals surface area contributed by atoms with Gasteiger partial charge in [-0.2, -0.15) is 0 Å². The predicted octanol–water partition coefficient (Wildman–Crippen LogP) is 5.54. The Hall–Kier alpha value is -3.65. The Balaban J connectivity index is 1.19. The number of ether oxygens (including phenoxy) is 1. The summed E-state index contributed by atoms with van der Waals surface area (Å²) in [5, 5.41) is 6.80. The van der Waals surface area contributed by atoms with Gasteiger partial charge >= 0.3 is 0 Å². The summed E-state index contributed by atoms with van der Waals surface area (Å²) in [5.41, 5.74) is 4.85. The molecule has 2 heterocycles. The van der Waals surface area contributed by atoms with Gasteiger partial charge in [0.1, 0.15) is 16.6 Å². The summed E-state index contributed by atoms with van der Waals surface area (Å²) >= 11 is 1.64. The second kappa shape index (κ2) is 9.19. The molecule has 1 saturated carbocycles. The molecular formula is C27H26N4O3S. The molecule has 0 spiro atoms. The Kier molecular flexibility index (Phi) is 5.74. The third-order valence-corrected chi connectivity index (χ3v) is 7.68. The van der Waals surface area contributed by atoms with Crippen LogP contribution in [0.2, 0.25) is 0 Å². The summed E-state index contributed by atoms with van der Waals surface area (Å²) in [4.78, 5) is 34.5. The SMILES string of the molecule is O=C(COc1cccc(NC(=O)C2CC2)c1)Nc1sc2c(c1-c1nc3ccccc3[nH]1)CCCC2. The number of aryl methyl sites for hydroxylation is 1. The average molecular weight is 487 g/mol. The number of imidazole rings is 1. The lowest BCUT2D eigenvalue weighted by Gasteiger charge is -2.12. The number of H-pyrrole nitrogens is 1. The van der Waals surface area contributed by atoms with E-state index in [1.807, 2.05) is 36.4 Å². The number of rotatable bonds is 7. The monoisotopic (exact) mass is 486 g/mol. The second-order valence-electron chi connectivity index (χ2n) is 9.15. The molecule has 1 fully saturated rings. The minimum atomic E-state index is -0.228. The maximum absolute atomic E-state index is 12.9. The molecule has 0 aliphatic heterocycles. The zero-order valence-corrected chi connectivity index (χ0v) is 20.0. The maximum Gasteiger partial charge on any atom is 0.262 e. The lowest BCUT2D eigenvalue weighted by atomic mass is 9.95. The number of nitrogens with one attached hydrogen (secondary N) is 3. The van der Waals surface area contributed by atoms with Gasteiger partial charge in [0.15, 0.2) is 6.61 Å². The van der Waals surface area contributed by atoms with E-state index in [0.717, 1.165) is 65.9 Å². The van der Waals surface area contributed by atoms with Crippen LogP contribution in [-0.4, -0.2) is 28.4 Å².